The maximum absolute atomic E-state index is 11.8. The van der Waals surface area contributed by atoms with Gasteiger partial charge >= 0.3 is 0 Å². The zero-order chi connectivity index (χ0) is 19.4. The van der Waals surface area contributed by atoms with Gasteiger partial charge < -0.3 is 21.6 Å². The summed E-state index contributed by atoms with van der Waals surface area (Å²) in [6.07, 6.45) is 5.21. The molecule has 7 heteroatoms. The number of aromatic amines is 1. The fourth-order valence-electron chi connectivity index (χ4n) is 3.04. The largest absolute Gasteiger partial charge is 0.508 e. The van der Waals surface area contributed by atoms with Gasteiger partial charge in [0.25, 0.3) is 0 Å². The molecule has 0 aliphatic heterocycles. The summed E-state index contributed by atoms with van der Waals surface area (Å²) < 4.78 is 0. The molecule has 0 saturated heterocycles. The molecule has 2 aromatic carbocycles. The molecule has 0 spiro atoms. The van der Waals surface area contributed by atoms with Crippen LogP contribution in [0.3, 0.4) is 0 Å². The fraction of sp³-hybridized carbons (Fsp3) is 0.150. The highest BCUT2D eigenvalue weighted by Gasteiger charge is 2.12. The first-order valence-corrected chi connectivity index (χ1v) is 8.53. The van der Waals surface area contributed by atoms with Crippen molar-refractivity contribution in [3.8, 4) is 17.0 Å². The summed E-state index contributed by atoms with van der Waals surface area (Å²) in [4.78, 5) is 18.8. The van der Waals surface area contributed by atoms with E-state index in [1.54, 1.807) is 36.8 Å². The molecule has 138 valence electrons. The summed E-state index contributed by atoms with van der Waals surface area (Å²) >= 11 is 0. The summed E-state index contributed by atoms with van der Waals surface area (Å²) in [6.45, 7) is 0. The van der Waals surface area contributed by atoms with Gasteiger partial charge in [-0.3, -0.25) is 10.2 Å². The zero-order valence-corrected chi connectivity index (χ0v) is 14.7. The third-order valence-corrected chi connectivity index (χ3v) is 4.46. The number of H-pyrrole nitrogens is 1. The van der Waals surface area contributed by atoms with Crippen molar-refractivity contribution in [2.24, 2.45) is 11.5 Å². The molecule has 0 radical (unpaired) electrons. The molecule has 1 heterocycles. The Hall–Kier alpha value is -3.61. The minimum Gasteiger partial charge on any atom is -0.508 e. The van der Waals surface area contributed by atoms with Crippen molar-refractivity contribution in [2.75, 3.05) is 0 Å². The number of phenols is 1. The van der Waals surface area contributed by atoms with E-state index in [-0.39, 0.29) is 11.6 Å². The predicted molar refractivity (Wildman–Crippen MR) is 104 cm³/mol. The molecule has 7 nitrogen and oxygen atoms in total. The van der Waals surface area contributed by atoms with Crippen LogP contribution in [0.5, 0.6) is 5.75 Å². The number of aromatic hydroxyl groups is 1. The Morgan fingerprint density at radius 3 is 2.56 bits per heavy atom. The number of phenolic OH excluding ortho intramolecular Hbond substituents is 1. The molecule has 7 N–H and O–H groups in total. The van der Waals surface area contributed by atoms with Crippen LogP contribution in [0.2, 0.25) is 0 Å². The molecule has 1 amide bonds. The molecule has 0 bridgehead atoms. The maximum Gasteiger partial charge on any atom is 0.248 e. The molecule has 0 saturated carbocycles. The third kappa shape index (κ3) is 4.14. The summed E-state index contributed by atoms with van der Waals surface area (Å²) in [7, 11) is 0. The Balaban J connectivity index is 1.79. The van der Waals surface area contributed by atoms with Crippen molar-refractivity contribution in [1.29, 1.82) is 5.41 Å². The van der Waals surface area contributed by atoms with Crippen LogP contribution < -0.4 is 11.5 Å². The molecule has 0 atom stereocenters. The number of aryl methyl sites for hydroxylation is 2. The van der Waals surface area contributed by atoms with Gasteiger partial charge in [-0.25, -0.2) is 4.98 Å². The molecular weight excluding hydrogens is 342 g/mol. The number of carbonyl (C=O) groups excluding carboxylic acids is 1. The van der Waals surface area contributed by atoms with Gasteiger partial charge in [0, 0.05) is 11.1 Å². The van der Waals surface area contributed by atoms with Gasteiger partial charge in [0.1, 0.15) is 11.6 Å². The number of aromatic nitrogens is 2. The van der Waals surface area contributed by atoms with E-state index in [1.165, 1.54) is 0 Å². The number of imidazole rings is 1. The number of amides is 1. The molecular formula is C20H21N5O2. The van der Waals surface area contributed by atoms with E-state index in [4.69, 9.17) is 16.9 Å². The number of nitrogens with zero attached hydrogens (tertiary/aromatic N) is 1. The number of nitrogen functional groups attached to an aromatic ring is 1. The lowest BCUT2D eigenvalue weighted by atomic mass is 9.96. The predicted octanol–water partition coefficient (Wildman–Crippen LogP) is 2.34. The van der Waals surface area contributed by atoms with Gasteiger partial charge in [-0.05, 0) is 66.3 Å². The van der Waals surface area contributed by atoms with Crippen molar-refractivity contribution >= 4 is 11.7 Å². The number of primary amides is 1. The van der Waals surface area contributed by atoms with Crippen molar-refractivity contribution in [2.45, 2.75) is 19.3 Å². The van der Waals surface area contributed by atoms with Crippen molar-refractivity contribution < 1.29 is 9.90 Å². The number of rotatable bonds is 7. The first-order chi connectivity index (χ1) is 13.0. The third-order valence-electron chi connectivity index (χ3n) is 4.46. The molecule has 0 aliphatic carbocycles. The second kappa shape index (κ2) is 7.74. The Bertz CT molecular complexity index is 980. The zero-order valence-electron chi connectivity index (χ0n) is 14.7. The monoisotopic (exact) mass is 363 g/mol. The van der Waals surface area contributed by atoms with E-state index >= 15 is 0 Å². The van der Waals surface area contributed by atoms with Crippen molar-refractivity contribution in [3.63, 3.8) is 0 Å². The average molecular weight is 363 g/mol. The van der Waals surface area contributed by atoms with Crippen LogP contribution >= 0.6 is 0 Å². The van der Waals surface area contributed by atoms with Gasteiger partial charge in [0.15, 0.2) is 0 Å². The van der Waals surface area contributed by atoms with E-state index in [0.29, 0.717) is 36.0 Å². The maximum atomic E-state index is 11.8. The molecule has 27 heavy (non-hydrogen) atoms. The van der Waals surface area contributed by atoms with Gasteiger partial charge in [-0.15, -0.1) is 0 Å². The van der Waals surface area contributed by atoms with Crippen LogP contribution in [0.15, 0.2) is 48.9 Å². The second-order valence-electron chi connectivity index (χ2n) is 6.31. The lowest BCUT2D eigenvalue weighted by molar-refractivity contribution is 0.0999. The number of carbonyl (C=O) groups is 1. The Labute approximate surface area is 156 Å². The van der Waals surface area contributed by atoms with Gasteiger partial charge in [0.05, 0.1) is 18.2 Å². The van der Waals surface area contributed by atoms with E-state index in [0.717, 1.165) is 16.8 Å². The summed E-state index contributed by atoms with van der Waals surface area (Å²) in [5.41, 5.74) is 15.4. The molecule has 0 aliphatic rings. The number of nitrogens with one attached hydrogen (secondary N) is 2. The summed E-state index contributed by atoms with van der Waals surface area (Å²) in [5.74, 6) is -0.344. The number of hydrogen-bond acceptors (Lipinski definition) is 4. The highest BCUT2D eigenvalue weighted by molar-refractivity contribution is 5.95. The number of amidine groups is 1. The van der Waals surface area contributed by atoms with Crippen LogP contribution in [0.25, 0.3) is 11.3 Å². The van der Waals surface area contributed by atoms with Gasteiger partial charge in [-0.1, -0.05) is 6.07 Å². The summed E-state index contributed by atoms with van der Waals surface area (Å²) in [5, 5.41) is 17.5. The van der Waals surface area contributed by atoms with Crippen molar-refractivity contribution in [1.82, 2.24) is 9.97 Å². The minimum absolute atomic E-state index is 0.0421. The molecule has 0 unspecified atom stereocenters. The standard InChI is InChI=1S/C20H21N5O2/c21-19(22)15-5-7-18(26)14(9-15)3-1-2-12-8-13(17-10-24-11-25-17)4-6-16(12)20(23)27/h4-11,26H,1-3H2,(H3,21,22)(H2,23,27)(H,24,25). The quantitative estimate of drug-likeness (QED) is 0.324. The van der Waals surface area contributed by atoms with E-state index in [1.807, 2.05) is 12.1 Å². The summed E-state index contributed by atoms with van der Waals surface area (Å²) in [6, 6.07) is 10.4. The van der Waals surface area contributed by atoms with E-state index < -0.39 is 5.91 Å². The minimum atomic E-state index is -0.470. The number of benzene rings is 2. The Morgan fingerprint density at radius 1 is 1.11 bits per heavy atom. The topological polar surface area (TPSA) is 142 Å². The van der Waals surface area contributed by atoms with Gasteiger partial charge in [0.2, 0.25) is 5.91 Å². The smallest absolute Gasteiger partial charge is 0.248 e. The SMILES string of the molecule is N=C(N)c1ccc(O)c(CCCc2cc(-c3cnc[nH]3)ccc2C(N)=O)c1. The fourth-order valence-corrected chi connectivity index (χ4v) is 3.04. The average Bonchev–Trinajstić information content (AvgIpc) is 3.17. The molecule has 3 rings (SSSR count). The highest BCUT2D eigenvalue weighted by Crippen LogP contribution is 2.24. The molecule has 1 aromatic heterocycles. The van der Waals surface area contributed by atoms with Crippen LogP contribution in [-0.2, 0) is 12.8 Å². The first-order valence-electron chi connectivity index (χ1n) is 8.53. The second-order valence-corrected chi connectivity index (χ2v) is 6.31. The number of hydrogen-bond donors (Lipinski definition) is 5. The lowest BCUT2D eigenvalue weighted by Gasteiger charge is -2.11. The van der Waals surface area contributed by atoms with E-state index in [9.17, 15) is 9.90 Å². The highest BCUT2D eigenvalue weighted by atomic mass is 16.3. The Kier molecular flexibility index (Phi) is 5.21. The van der Waals surface area contributed by atoms with Crippen LogP contribution in [-0.4, -0.2) is 26.8 Å². The number of nitrogens with two attached hydrogens (primary N) is 2. The van der Waals surface area contributed by atoms with Crippen LogP contribution in [0.1, 0.15) is 33.5 Å². The van der Waals surface area contributed by atoms with Crippen LogP contribution in [0.4, 0.5) is 0 Å². The van der Waals surface area contributed by atoms with Gasteiger partial charge in [-0.2, -0.15) is 0 Å². The molecule has 0 fully saturated rings. The van der Waals surface area contributed by atoms with E-state index in [2.05, 4.69) is 9.97 Å². The molecule has 3 aromatic rings. The Morgan fingerprint density at radius 2 is 1.89 bits per heavy atom. The normalized spacial score (nSPS) is 10.7. The van der Waals surface area contributed by atoms with Crippen molar-refractivity contribution in [3.05, 3.63) is 71.2 Å². The lowest BCUT2D eigenvalue weighted by Crippen LogP contribution is -2.14. The first kappa shape index (κ1) is 18.2. The van der Waals surface area contributed by atoms with Crippen LogP contribution in [0, 0.1) is 5.41 Å².